The summed E-state index contributed by atoms with van der Waals surface area (Å²) in [5.74, 6) is -1.09. The molecule has 1 N–H and O–H groups in total. The number of furan rings is 1. The summed E-state index contributed by atoms with van der Waals surface area (Å²) in [5.41, 5.74) is -0.134. The van der Waals surface area contributed by atoms with Crippen molar-refractivity contribution in [3.05, 3.63) is 76.5 Å². The fourth-order valence-corrected chi connectivity index (χ4v) is 2.83. The van der Waals surface area contributed by atoms with Crippen molar-refractivity contribution in [3.63, 3.8) is 0 Å². The number of alkyl halides is 3. The molecule has 0 spiro atoms. The quantitative estimate of drug-likeness (QED) is 0.493. The van der Waals surface area contributed by atoms with Gasteiger partial charge >= 0.3 is 12.1 Å². The van der Waals surface area contributed by atoms with Crippen LogP contribution in [0.3, 0.4) is 0 Å². The molecule has 5 nitrogen and oxygen atoms in total. The molecule has 1 heterocycles. The second-order valence-corrected chi connectivity index (χ2v) is 6.52. The molecule has 0 aliphatic rings. The first-order valence-corrected chi connectivity index (χ1v) is 9.12. The van der Waals surface area contributed by atoms with E-state index in [0.717, 1.165) is 12.1 Å². The summed E-state index contributed by atoms with van der Waals surface area (Å²) in [7, 11) is 0. The number of rotatable bonds is 5. The highest BCUT2D eigenvalue weighted by Crippen LogP contribution is 2.37. The highest BCUT2D eigenvalue weighted by molar-refractivity contribution is 6.31. The minimum Gasteiger partial charge on any atom is -0.462 e. The largest absolute Gasteiger partial charge is 0.462 e. The lowest BCUT2D eigenvalue weighted by atomic mass is 10.1. The molecule has 9 heteroatoms. The summed E-state index contributed by atoms with van der Waals surface area (Å²) < 4.78 is 49.4. The van der Waals surface area contributed by atoms with Crippen LogP contribution in [0.25, 0.3) is 11.3 Å². The van der Waals surface area contributed by atoms with E-state index >= 15 is 0 Å². The van der Waals surface area contributed by atoms with Gasteiger partial charge in [0.2, 0.25) is 0 Å². The number of nitrogens with one attached hydrogen (secondary N) is 1. The van der Waals surface area contributed by atoms with Gasteiger partial charge in [0.15, 0.2) is 5.76 Å². The minimum absolute atomic E-state index is 0.0833. The zero-order chi connectivity index (χ0) is 21.9. The van der Waals surface area contributed by atoms with Crippen LogP contribution in [0.2, 0.25) is 5.02 Å². The third-order valence-electron chi connectivity index (χ3n) is 4.04. The zero-order valence-corrected chi connectivity index (χ0v) is 16.3. The number of ether oxygens (including phenoxy) is 1. The Morgan fingerprint density at radius 3 is 2.40 bits per heavy atom. The van der Waals surface area contributed by atoms with E-state index in [0.29, 0.717) is 11.3 Å². The molecule has 0 unspecified atom stereocenters. The third-order valence-corrected chi connectivity index (χ3v) is 4.37. The Bertz CT molecular complexity index is 1070. The van der Waals surface area contributed by atoms with Gasteiger partial charge in [0.25, 0.3) is 5.91 Å². The lowest BCUT2D eigenvalue weighted by Crippen LogP contribution is -2.11. The SMILES string of the molecule is CCOC(=O)c1ccc(NC(=O)c2ccc(-c3ccc(Cl)c(C(F)(F)F)c3)o2)cc1. The molecule has 3 aromatic rings. The van der Waals surface area contributed by atoms with Crippen LogP contribution >= 0.6 is 11.6 Å². The fourth-order valence-electron chi connectivity index (χ4n) is 2.61. The van der Waals surface area contributed by atoms with E-state index in [1.807, 2.05) is 0 Å². The van der Waals surface area contributed by atoms with E-state index in [1.54, 1.807) is 6.92 Å². The zero-order valence-electron chi connectivity index (χ0n) is 15.5. The molecular weight excluding hydrogens is 423 g/mol. The number of benzene rings is 2. The summed E-state index contributed by atoms with van der Waals surface area (Å²) in [6, 6.07) is 12.1. The van der Waals surface area contributed by atoms with Crippen molar-refractivity contribution < 1.29 is 31.9 Å². The number of carbonyl (C=O) groups is 2. The first-order chi connectivity index (χ1) is 14.2. The number of halogens is 4. The van der Waals surface area contributed by atoms with Crippen molar-refractivity contribution in [2.45, 2.75) is 13.1 Å². The van der Waals surface area contributed by atoms with E-state index in [1.165, 1.54) is 42.5 Å². The van der Waals surface area contributed by atoms with Crippen LogP contribution in [0, 0.1) is 0 Å². The van der Waals surface area contributed by atoms with E-state index in [9.17, 15) is 22.8 Å². The van der Waals surface area contributed by atoms with Crippen LogP contribution in [0.1, 0.15) is 33.4 Å². The average Bonchev–Trinajstić information content (AvgIpc) is 3.18. The molecule has 3 rings (SSSR count). The van der Waals surface area contributed by atoms with Gasteiger partial charge < -0.3 is 14.5 Å². The van der Waals surface area contributed by atoms with Crippen LogP contribution in [0.15, 0.2) is 59.0 Å². The predicted octanol–water partition coefficient (Wildman–Crippen LogP) is 6.05. The van der Waals surface area contributed by atoms with Gasteiger partial charge in [0.1, 0.15) is 5.76 Å². The standard InChI is InChI=1S/C21H15ClF3NO4/c1-2-29-20(28)12-3-6-14(7-4-12)26-19(27)18-10-9-17(30-18)13-5-8-16(22)15(11-13)21(23,24)25/h3-11H,2H2,1H3,(H,26,27). The predicted molar refractivity (Wildman–Crippen MR) is 105 cm³/mol. The first-order valence-electron chi connectivity index (χ1n) is 8.74. The number of carbonyl (C=O) groups excluding carboxylic acids is 2. The number of esters is 1. The molecule has 1 amide bonds. The van der Waals surface area contributed by atoms with Crippen molar-refractivity contribution in [2.75, 3.05) is 11.9 Å². The van der Waals surface area contributed by atoms with Gasteiger partial charge in [-0.3, -0.25) is 4.79 Å². The van der Waals surface area contributed by atoms with Crippen LogP contribution in [-0.4, -0.2) is 18.5 Å². The summed E-state index contributed by atoms with van der Waals surface area (Å²) >= 11 is 5.62. The number of hydrogen-bond acceptors (Lipinski definition) is 4. The van der Waals surface area contributed by atoms with Crippen LogP contribution < -0.4 is 5.32 Å². The highest BCUT2D eigenvalue weighted by Gasteiger charge is 2.33. The monoisotopic (exact) mass is 437 g/mol. The van der Waals surface area contributed by atoms with E-state index < -0.39 is 28.6 Å². The Morgan fingerprint density at radius 1 is 1.07 bits per heavy atom. The van der Waals surface area contributed by atoms with Crippen molar-refractivity contribution in [1.29, 1.82) is 0 Å². The number of anilines is 1. The normalized spacial score (nSPS) is 11.2. The topological polar surface area (TPSA) is 68.5 Å². The van der Waals surface area contributed by atoms with Gasteiger partial charge in [-0.25, -0.2) is 4.79 Å². The molecule has 2 aromatic carbocycles. The third kappa shape index (κ3) is 4.83. The first kappa shape index (κ1) is 21.4. The molecule has 0 saturated heterocycles. The summed E-state index contributed by atoms with van der Waals surface area (Å²) in [6.45, 7) is 1.94. The van der Waals surface area contributed by atoms with Gasteiger partial charge in [-0.1, -0.05) is 11.6 Å². The number of amides is 1. The Morgan fingerprint density at radius 2 is 1.77 bits per heavy atom. The van der Waals surface area contributed by atoms with E-state index in [2.05, 4.69) is 5.32 Å². The van der Waals surface area contributed by atoms with Crippen molar-refractivity contribution in [2.24, 2.45) is 0 Å². The molecule has 0 aliphatic heterocycles. The lowest BCUT2D eigenvalue weighted by Gasteiger charge is -2.10. The Labute approximate surface area is 174 Å². The molecule has 0 atom stereocenters. The lowest BCUT2D eigenvalue weighted by molar-refractivity contribution is -0.137. The van der Waals surface area contributed by atoms with E-state index in [-0.39, 0.29) is 23.7 Å². The fraction of sp³-hybridized carbons (Fsp3) is 0.143. The van der Waals surface area contributed by atoms with Gasteiger partial charge in [-0.15, -0.1) is 0 Å². The number of hydrogen-bond donors (Lipinski definition) is 1. The maximum Gasteiger partial charge on any atom is 0.417 e. The molecule has 0 fully saturated rings. The van der Waals surface area contributed by atoms with Crippen molar-refractivity contribution in [1.82, 2.24) is 0 Å². The average molecular weight is 438 g/mol. The maximum atomic E-state index is 13.0. The minimum atomic E-state index is -4.62. The van der Waals surface area contributed by atoms with Gasteiger partial charge in [0, 0.05) is 11.3 Å². The van der Waals surface area contributed by atoms with Gasteiger partial charge in [-0.2, -0.15) is 13.2 Å². The van der Waals surface area contributed by atoms with Crippen LogP contribution in [0.5, 0.6) is 0 Å². The summed E-state index contributed by atoms with van der Waals surface area (Å²) in [4.78, 5) is 24.0. The van der Waals surface area contributed by atoms with Crippen LogP contribution in [0.4, 0.5) is 18.9 Å². The van der Waals surface area contributed by atoms with Gasteiger partial charge in [0.05, 0.1) is 22.8 Å². The molecular formula is C21H15ClF3NO4. The Kier molecular flexibility index (Phi) is 6.17. The maximum absolute atomic E-state index is 13.0. The molecule has 0 aliphatic carbocycles. The smallest absolute Gasteiger partial charge is 0.417 e. The second kappa shape index (κ2) is 8.62. The van der Waals surface area contributed by atoms with Crippen molar-refractivity contribution >= 4 is 29.2 Å². The van der Waals surface area contributed by atoms with Gasteiger partial charge in [-0.05, 0) is 61.5 Å². The molecule has 0 bridgehead atoms. The van der Waals surface area contributed by atoms with Crippen molar-refractivity contribution in [3.8, 4) is 11.3 Å². The summed E-state index contributed by atoms with van der Waals surface area (Å²) in [6.07, 6.45) is -4.62. The molecule has 0 radical (unpaired) electrons. The molecule has 0 saturated carbocycles. The van der Waals surface area contributed by atoms with E-state index in [4.69, 9.17) is 20.8 Å². The summed E-state index contributed by atoms with van der Waals surface area (Å²) in [5, 5.41) is 2.15. The molecule has 1 aromatic heterocycles. The van der Waals surface area contributed by atoms with Crippen LogP contribution in [-0.2, 0) is 10.9 Å². The highest BCUT2D eigenvalue weighted by atomic mass is 35.5. The second-order valence-electron chi connectivity index (χ2n) is 6.11. The molecule has 156 valence electrons. The Balaban J connectivity index is 1.75. The molecule has 30 heavy (non-hydrogen) atoms. The Hall–Kier alpha value is -3.26.